The van der Waals surface area contributed by atoms with Gasteiger partial charge in [-0.05, 0) is 0 Å². The van der Waals surface area contributed by atoms with Crippen molar-refractivity contribution < 1.29 is 53.4 Å². The first-order chi connectivity index (χ1) is 7.83. The Balaban J connectivity index is 5.47. The normalized spacial score (nSPS) is 17.7. The summed E-state index contributed by atoms with van der Waals surface area (Å²) >= 11 is 0. The molecule has 1 atom stereocenters. The zero-order valence-corrected chi connectivity index (χ0v) is 8.01. The molecular formula is C6H4F10O2. The maximum atomic E-state index is 12.9. The minimum absolute atomic E-state index is 2.11. The van der Waals surface area contributed by atoms with E-state index in [-0.39, 0.29) is 0 Å². The first-order valence-corrected chi connectivity index (χ1v) is 3.80. The first kappa shape index (κ1) is 17.2. The van der Waals surface area contributed by atoms with Gasteiger partial charge in [0.1, 0.15) is 0 Å². The Bertz CT molecular complexity index is 276. The molecule has 2 nitrogen and oxygen atoms in total. The summed E-state index contributed by atoms with van der Waals surface area (Å²) in [5.41, 5.74) is 0. The summed E-state index contributed by atoms with van der Waals surface area (Å²) in [6.07, 6.45) is -18.4. The van der Waals surface area contributed by atoms with Crippen LogP contribution >= 0.6 is 0 Å². The lowest BCUT2D eigenvalue weighted by Gasteiger charge is -2.34. The van der Waals surface area contributed by atoms with Crippen LogP contribution in [-0.2, 0) is 9.47 Å². The second-order valence-electron chi connectivity index (χ2n) is 2.74. The van der Waals surface area contributed by atoms with E-state index in [0.717, 1.165) is 0 Å². The molecule has 18 heavy (non-hydrogen) atoms. The van der Waals surface area contributed by atoms with Crippen molar-refractivity contribution in [1.82, 2.24) is 0 Å². The van der Waals surface area contributed by atoms with E-state index in [9.17, 15) is 43.9 Å². The van der Waals surface area contributed by atoms with Crippen LogP contribution in [0.5, 0.6) is 0 Å². The smallest absolute Gasteiger partial charge is 0.284 e. The fraction of sp³-hybridized carbons (Fsp3) is 1.00. The Labute approximate surface area is 92.4 Å². The summed E-state index contributed by atoms with van der Waals surface area (Å²) in [5.74, 6) is -6.41. The Morgan fingerprint density at radius 3 is 1.50 bits per heavy atom. The molecule has 0 fully saturated rings. The molecule has 0 amide bonds. The van der Waals surface area contributed by atoms with Gasteiger partial charge in [-0.15, -0.1) is 0 Å². The number of alkyl halides is 10. The summed E-state index contributed by atoms with van der Waals surface area (Å²) in [5, 5.41) is 0. The van der Waals surface area contributed by atoms with Gasteiger partial charge in [0.2, 0.25) is 0 Å². The number of rotatable bonds is 6. The number of halogens is 10. The van der Waals surface area contributed by atoms with Gasteiger partial charge in [0, 0.05) is 0 Å². The average molecular weight is 298 g/mol. The lowest BCUT2D eigenvalue weighted by atomic mass is 10.2. The van der Waals surface area contributed by atoms with Crippen molar-refractivity contribution in [2.24, 2.45) is 0 Å². The molecule has 0 saturated heterocycles. The van der Waals surface area contributed by atoms with Gasteiger partial charge in [-0.1, -0.05) is 0 Å². The lowest BCUT2D eigenvalue weighted by Crippen LogP contribution is -2.61. The molecule has 0 aliphatic rings. The molecule has 0 aliphatic carbocycles. The van der Waals surface area contributed by atoms with Crippen molar-refractivity contribution in [2.75, 3.05) is 13.5 Å². The second kappa shape index (κ2) is 5.07. The highest BCUT2D eigenvalue weighted by Crippen LogP contribution is 2.49. The highest BCUT2D eigenvalue weighted by molar-refractivity contribution is 4.87. The van der Waals surface area contributed by atoms with E-state index in [1.807, 2.05) is 0 Å². The van der Waals surface area contributed by atoms with Crippen LogP contribution in [0.4, 0.5) is 43.9 Å². The van der Waals surface area contributed by atoms with E-state index < -0.39 is 37.8 Å². The maximum absolute atomic E-state index is 12.9. The lowest BCUT2D eigenvalue weighted by molar-refractivity contribution is -0.503. The highest BCUT2D eigenvalue weighted by Gasteiger charge is 2.77. The SMILES string of the molecule is FCOC(F)(F)C(F)(OC(F)(F)CF)C(F)(F)F. The molecule has 0 aliphatic heterocycles. The number of ether oxygens (including phenoxy) is 2. The van der Waals surface area contributed by atoms with Gasteiger partial charge in [0.25, 0.3) is 0 Å². The molecular weight excluding hydrogens is 294 g/mol. The minimum atomic E-state index is -6.73. The third-order valence-electron chi connectivity index (χ3n) is 1.42. The van der Waals surface area contributed by atoms with Gasteiger partial charge in [-0.3, -0.25) is 9.47 Å². The van der Waals surface area contributed by atoms with Gasteiger partial charge in [0.15, 0.2) is 13.5 Å². The Kier molecular flexibility index (Phi) is 4.85. The molecule has 0 aromatic heterocycles. The van der Waals surface area contributed by atoms with Crippen molar-refractivity contribution in [1.29, 1.82) is 0 Å². The fourth-order valence-corrected chi connectivity index (χ4v) is 0.677. The van der Waals surface area contributed by atoms with Gasteiger partial charge < -0.3 is 0 Å². The average Bonchev–Trinajstić information content (AvgIpc) is 2.15. The van der Waals surface area contributed by atoms with E-state index in [1.54, 1.807) is 0 Å². The van der Waals surface area contributed by atoms with Crippen LogP contribution in [0.3, 0.4) is 0 Å². The Hall–Kier alpha value is -0.780. The van der Waals surface area contributed by atoms with Crippen LogP contribution in [0.25, 0.3) is 0 Å². The fourth-order valence-electron chi connectivity index (χ4n) is 0.677. The van der Waals surface area contributed by atoms with Crippen molar-refractivity contribution in [3.63, 3.8) is 0 Å². The summed E-state index contributed by atoms with van der Waals surface area (Å²) in [4.78, 5) is 0. The topological polar surface area (TPSA) is 18.5 Å². The first-order valence-electron chi connectivity index (χ1n) is 3.80. The summed E-state index contributed by atoms with van der Waals surface area (Å²) < 4.78 is 125. The molecule has 0 radical (unpaired) electrons. The maximum Gasteiger partial charge on any atom is 0.458 e. The predicted octanol–water partition coefficient (Wildman–Crippen LogP) is 3.33. The van der Waals surface area contributed by atoms with E-state index in [2.05, 4.69) is 9.47 Å². The van der Waals surface area contributed by atoms with Crippen LogP contribution < -0.4 is 0 Å². The molecule has 110 valence electrons. The molecule has 0 spiro atoms. The van der Waals surface area contributed by atoms with E-state index in [4.69, 9.17) is 0 Å². The van der Waals surface area contributed by atoms with Gasteiger partial charge in [-0.2, -0.15) is 35.1 Å². The Morgan fingerprint density at radius 2 is 1.22 bits per heavy atom. The molecule has 0 saturated carbocycles. The highest BCUT2D eigenvalue weighted by atomic mass is 19.4. The Morgan fingerprint density at radius 1 is 0.778 bits per heavy atom. The number of hydrogen-bond acceptors (Lipinski definition) is 2. The molecule has 12 heteroatoms. The van der Waals surface area contributed by atoms with Crippen molar-refractivity contribution in [2.45, 2.75) is 24.2 Å². The summed E-state index contributed by atoms with van der Waals surface area (Å²) in [7, 11) is 0. The van der Waals surface area contributed by atoms with Crippen LogP contribution in [-0.4, -0.2) is 37.8 Å². The molecule has 0 rings (SSSR count). The van der Waals surface area contributed by atoms with Gasteiger partial charge in [-0.25, -0.2) is 8.78 Å². The quantitative estimate of drug-likeness (QED) is 0.700. The standard InChI is InChI=1S/C6H4F10O2/c7-1-3(9,10)18-4(11,5(12,13)14)6(15,16)17-2-8/h1-2H2. The summed E-state index contributed by atoms with van der Waals surface area (Å²) in [6.45, 7) is -5.64. The monoisotopic (exact) mass is 298 g/mol. The van der Waals surface area contributed by atoms with Crippen LogP contribution in [0.1, 0.15) is 0 Å². The van der Waals surface area contributed by atoms with E-state index >= 15 is 0 Å². The van der Waals surface area contributed by atoms with Gasteiger partial charge in [0.05, 0.1) is 0 Å². The summed E-state index contributed by atoms with van der Waals surface area (Å²) in [6, 6.07) is 0. The van der Waals surface area contributed by atoms with E-state index in [1.165, 1.54) is 0 Å². The molecule has 1 unspecified atom stereocenters. The van der Waals surface area contributed by atoms with Crippen molar-refractivity contribution in [3.05, 3.63) is 0 Å². The van der Waals surface area contributed by atoms with Crippen molar-refractivity contribution >= 4 is 0 Å². The van der Waals surface area contributed by atoms with Crippen LogP contribution in [0.15, 0.2) is 0 Å². The largest absolute Gasteiger partial charge is 0.458 e. The van der Waals surface area contributed by atoms with Crippen LogP contribution in [0, 0.1) is 0 Å². The van der Waals surface area contributed by atoms with Gasteiger partial charge >= 0.3 is 24.2 Å². The number of hydrogen-bond donors (Lipinski definition) is 0. The van der Waals surface area contributed by atoms with E-state index in [0.29, 0.717) is 0 Å². The molecule has 0 bridgehead atoms. The predicted molar refractivity (Wildman–Crippen MR) is 33.9 cm³/mol. The molecule has 0 aromatic carbocycles. The second-order valence-corrected chi connectivity index (χ2v) is 2.74. The third kappa shape index (κ3) is 3.37. The minimum Gasteiger partial charge on any atom is -0.284 e. The zero-order chi connectivity index (χ0) is 14.8. The zero-order valence-electron chi connectivity index (χ0n) is 8.01. The van der Waals surface area contributed by atoms with Crippen LogP contribution in [0.2, 0.25) is 0 Å². The molecule has 0 N–H and O–H groups in total. The molecule has 0 aromatic rings. The van der Waals surface area contributed by atoms with Crippen molar-refractivity contribution in [3.8, 4) is 0 Å². The molecule has 0 heterocycles. The third-order valence-corrected chi connectivity index (χ3v) is 1.42.